The first-order valence-electron chi connectivity index (χ1n) is 10.1. The molecule has 0 atom stereocenters. The van der Waals surface area contributed by atoms with E-state index in [1.165, 1.54) is 12.1 Å². The highest BCUT2D eigenvalue weighted by Crippen LogP contribution is 2.24. The number of fused-ring (bicyclic) bond motifs is 1. The lowest BCUT2D eigenvalue weighted by Gasteiger charge is -2.35. The molecule has 1 aromatic heterocycles. The first-order chi connectivity index (χ1) is 14.9. The van der Waals surface area contributed by atoms with E-state index in [2.05, 4.69) is 4.74 Å². The predicted octanol–water partition coefficient (Wildman–Crippen LogP) is 3.31. The van der Waals surface area contributed by atoms with Gasteiger partial charge in [-0.25, -0.2) is 0 Å². The Morgan fingerprint density at radius 3 is 2.35 bits per heavy atom. The third kappa shape index (κ3) is 4.38. The zero-order valence-corrected chi connectivity index (χ0v) is 17.1. The molecule has 2 aromatic carbocycles. The third-order valence-corrected chi connectivity index (χ3v) is 5.57. The molecule has 6 nitrogen and oxygen atoms in total. The topological polar surface area (TPSA) is 54.8 Å². The van der Waals surface area contributed by atoms with Crippen molar-refractivity contribution in [2.75, 3.05) is 26.2 Å². The van der Waals surface area contributed by atoms with E-state index >= 15 is 0 Å². The first-order valence-corrected chi connectivity index (χ1v) is 10.1. The van der Waals surface area contributed by atoms with Crippen molar-refractivity contribution in [3.05, 3.63) is 65.9 Å². The average Bonchev–Trinajstić information content (AvgIpc) is 3.09. The molecule has 0 radical (unpaired) electrons. The number of piperazine rings is 1. The number of amides is 2. The molecular weight excluding hydrogens is 404 g/mol. The highest BCUT2D eigenvalue weighted by atomic mass is 19.3. The second-order valence-corrected chi connectivity index (χ2v) is 7.51. The third-order valence-electron chi connectivity index (χ3n) is 5.57. The van der Waals surface area contributed by atoms with Crippen LogP contribution in [0.4, 0.5) is 8.78 Å². The molecule has 8 heteroatoms. The van der Waals surface area contributed by atoms with Crippen LogP contribution in [0.15, 0.2) is 54.7 Å². The molecule has 162 valence electrons. The van der Waals surface area contributed by atoms with Gasteiger partial charge in [0.15, 0.2) is 0 Å². The van der Waals surface area contributed by atoms with Crippen LogP contribution in [0.3, 0.4) is 0 Å². The summed E-state index contributed by atoms with van der Waals surface area (Å²) in [6.45, 7) is -1.54. The zero-order chi connectivity index (χ0) is 22.0. The standard InChI is InChI=1S/C23H23F2N3O3/c1-26-15-16(17-6-2-4-8-19(17)26)14-21(29)27-10-12-28(13-11-27)22(30)18-7-3-5-9-20(18)31-23(24)25/h2-9,15,23H,10-14H2,1H3. The van der Waals surface area contributed by atoms with Crippen LogP contribution in [0, 0.1) is 0 Å². The number of carbonyl (C=O) groups excluding carboxylic acids is 2. The second kappa shape index (κ2) is 8.75. The molecule has 0 spiro atoms. The minimum atomic E-state index is -3.00. The van der Waals surface area contributed by atoms with Gasteiger partial charge in [-0.1, -0.05) is 30.3 Å². The fourth-order valence-corrected chi connectivity index (χ4v) is 4.01. The molecule has 0 unspecified atom stereocenters. The Hall–Kier alpha value is -3.42. The normalized spacial score (nSPS) is 14.3. The van der Waals surface area contributed by atoms with Crippen molar-refractivity contribution in [1.29, 1.82) is 0 Å². The van der Waals surface area contributed by atoms with Crippen molar-refractivity contribution in [1.82, 2.24) is 14.4 Å². The SMILES string of the molecule is Cn1cc(CC(=O)N2CCN(C(=O)c3ccccc3OC(F)F)CC2)c2ccccc21. The largest absolute Gasteiger partial charge is 0.434 e. The summed E-state index contributed by atoms with van der Waals surface area (Å²) in [7, 11) is 1.95. The Morgan fingerprint density at radius 1 is 0.968 bits per heavy atom. The Labute approximate surface area is 178 Å². The van der Waals surface area contributed by atoms with Crippen molar-refractivity contribution in [2.24, 2.45) is 7.05 Å². The van der Waals surface area contributed by atoms with Gasteiger partial charge in [-0.3, -0.25) is 9.59 Å². The molecular formula is C23H23F2N3O3. The van der Waals surface area contributed by atoms with E-state index in [0.29, 0.717) is 32.6 Å². The Bertz CT molecular complexity index is 1100. The molecule has 2 heterocycles. The number of aryl methyl sites for hydroxylation is 1. The molecule has 2 amide bonds. The van der Waals surface area contributed by atoms with Crippen LogP contribution in [-0.4, -0.2) is 59.0 Å². The van der Waals surface area contributed by atoms with E-state index in [1.54, 1.807) is 21.9 Å². The number of ether oxygens (including phenoxy) is 1. The van der Waals surface area contributed by atoms with Gasteiger partial charge in [-0.15, -0.1) is 0 Å². The number of hydrogen-bond acceptors (Lipinski definition) is 3. The summed E-state index contributed by atoms with van der Waals surface area (Å²) in [6.07, 6.45) is 2.27. The summed E-state index contributed by atoms with van der Waals surface area (Å²) >= 11 is 0. The van der Waals surface area contributed by atoms with Crippen LogP contribution in [-0.2, 0) is 18.3 Å². The predicted molar refractivity (Wildman–Crippen MR) is 112 cm³/mol. The van der Waals surface area contributed by atoms with Gasteiger partial charge < -0.3 is 19.1 Å². The summed E-state index contributed by atoms with van der Waals surface area (Å²) in [5, 5.41) is 1.06. The monoisotopic (exact) mass is 427 g/mol. The summed E-state index contributed by atoms with van der Waals surface area (Å²) in [5.74, 6) is -0.515. The van der Waals surface area contributed by atoms with Crippen LogP contribution in [0.2, 0.25) is 0 Å². The minimum Gasteiger partial charge on any atom is -0.434 e. The lowest BCUT2D eigenvalue weighted by Crippen LogP contribution is -2.51. The van der Waals surface area contributed by atoms with Crippen LogP contribution in [0.1, 0.15) is 15.9 Å². The van der Waals surface area contributed by atoms with E-state index in [0.717, 1.165) is 16.5 Å². The molecule has 0 aliphatic carbocycles. The summed E-state index contributed by atoms with van der Waals surface area (Å²) in [4.78, 5) is 29.0. The van der Waals surface area contributed by atoms with Crippen LogP contribution < -0.4 is 4.74 Å². The van der Waals surface area contributed by atoms with Crippen molar-refractivity contribution in [2.45, 2.75) is 13.0 Å². The first kappa shape index (κ1) is 20.8. The summed E-state index contributed by atoms with van der Waals surface area (Å²) in [6, 6.07) is 13.9. The highest BCUT2D eigenvalue weighted by Gasteiger charge is 2.27. The van der Waals surface area contributed by atoms with Gasteiger partial charge in [-0.05, 0) is 23.8 Å². The average molecular weight is 427 g/mol. The number of nitrogens with zero attached hydrogens (tertiary/aromatic N) is 3. The fraction of sp³-hybridized carbons (Fsp3) is 0.304. The Morgan fingerprint density at radius 2 is 1.61 bits per heavy atom. The van der Waals surface area contributed by atoms with Crippen molar-refractivity contribution >= 4 is 22.7 Å². The van der Waals surface area contributed by atoms with Gasteiger partial charge in [0.05, 0.1) is 12.0 Å². The van der Waals surface area contributed by atoms with Crippen molar-refractivity contribution in [3.63, 3.8) is 0 Å². The van der Waals surface area contributed by atoms with Crippen molar-refractivity contribution in [3.8, 4) is 5.75 Å². The van der Waals surface area contributed by atoms with E-state index in [1.807, 2.05) is 42.1 Å². The molecule has 1 fully saturated rings. The Balaban J connectivity index is 1.39. The van der Waals surface area contributed by atoms with Crippen molar-refractivity contribution < 1.29 is 23.1 Å². The second-order valence-electron chi connectivity index (χ2n) is 7.51. The number of benzene rings is 2. The molecule has 0 saturated carbocycles. The van der Waals surface area contributed by atoms with Crippen LogP contribution >= 0.6 is 0 Å². The lowest BCUT2D eigenvalue weighted by atomic mass is 10.1. The zero-order valence-electron chi connectivity index (χ0n) is 17.1. The number of hydrogen-bond donors (Lipinski definition) is 0. The lowest BCUT2D eigenvalue weighted by molar-refractivity contribution is -0.131. The summed E-state index contributed by atoms with van der Waals surface area (Å²) in [5.41, 5.74) is 2.14. The van der Waals surface area contributed by atoms with Gasteiger partial charge in [0.25, 0.3) is 5.91 Å². The molecule has 1 aliphatic heterocycles. The maximum absolute atomic E-state index is 12.9. The van der Waals surface area contributed by atoms with Gasteiger partial charge in [0, 0.05) is 50.3 Å². The minimum absolute atomic E-state index is 0.00452. The highest BCUT2D eigenvalue weighted by molar-refractivity contribution is 5.97. The van der Waals surface area contributed by atoms with Gasteiger partial charge >= 0.3 is 6.61 Å². The van der Waals surface area contributed by atoms with Crippen LogP contribution in [0.25, 0.3) is 10.9 Å². The van der Waals surface area contributed by atoms with E-state index < -0.39 is 6.61 Å². The number of para-hydroxylation sites is 2. The molecule has 3 aromatic rings. The molecule has 1 aliphatic rings. The van der Waals surface area contributed by atoms with Gasteiger partial charge in [0.2, 0.25) is 5.91 Å². The summed E-state index contributed by atoms with van der Waals surface area (Å²) < 4.78 is 31.7. The maximum Gasteiger partial charge on any atom is 0.387 e. The number of rotatable bonds is 5. The van der Waals surface area contributed by atoms with E-state index in [4.69, 9.17) is 0 Å². The molecule has 0 bridgehead atoms. The fourth-order valence-electron chi connectivity index (χ4n) is 4.01. The maximum atomic E-state index is 12.9. The quantitative estimate of drug-likeness (QED) is 0.628. The van der Waals surface area contributed by atoms with E-state index in [9.17, 15) is 18.4 Å². The molecule has 4 rings (SSSR count). The number of alkyl halides is 2. The van der Waals surface area contributed by atoms with Crippen LogP contribution in [0.5, 0.6) is 5.75 Å². The molecule has 31 heavy (non-hydrogen) atoms. The van der Waals surface area contributed by atoms with Gasteiger partial charge in [-0.2, -0.15) is 8.78 Å². The number of carbonyl (C=O) groups is 2. The van der Waals surface area contributed by atoms with E-state index in [-0.39, 0.29) is 23.1 Å². The van der Waals surface area contributed by atoms with Gasteiger partial charge in [0.1, 0.15) is 5.75 Å². The number of halogens is 2. The smallest absolute Gasteiger partial charge is 0.387 e. The number of aromatic nitrogens is 1. The Kier molecular flexibility index (Phi) is 5.88. The molecule has 0 N–H and O–H groups in total. The molecule has 1 saturated heterocycles.